The predicted molar refractivity (Wildman–Crippen MR) is 102 cm³/mol. The number of hydrogen-bond acceptors (Lipinski definition) is 2. The van der Waals surface area contributed by atoms with Crippen molar-refractivity contribution in [3.05, 3.63) is 29.8 Å². The van der Waals surface area contributed by atoms with Crippen molar-refractivity contribution in [2.75, 3.05) is 18.9 Å². The van der Waals surface area contributed by atoms with E-state index in [-0.39, 0.29) is 12.5 Å². The first-order valence-electron chi connectivity index (χ1n) is 9.81. The fourth-order valence-electron chi connectivity index (χ4n) is 6.25. The van der Waals surface area contributed by atoms with Crippen LogP contribution in [0, 0.1) is 23.2 Å². The van der Waals surface area contributed by atoms with Gasteiger partial charge in [0.25, 0.3) is 0 Å². The molecule has 0 spiro atoms. The van der Waals surface area contributed by atoms with Gasteiger partial charge in [0.15, 0.2) is 0 Å². The molecular formula is C21H29N3O2. The Bertz CT molecular complexity index is 680. The quantitative estimate of drug-likeness (QED) is 0.849. The number of anilines is 1. The van der Waals surface area contributed by atoms with Crippen molar-refractivity contribution >= 4 is 17.6 Å². The Labute approximate surface area is 155 Å². The molecule has 0 aromatic heterocycles. The van der Waals surface area contributed by atoms with Gasteiger partial charge in [-0.15, -0.1) is 0 Å². The molecule has 4 aliphatic carbocycles. The zero-order valence-electron chi connectivity index (χ0n) is 15.5. The molecule has 0 heterocycles. The zero-order valence-corrected chi connectivity index (χ0v) is 15.5. The number of carbonyl (C=O) groups is 2. The summed E-state index contributed by atoms with van der Waals surface area (Å²) in [6.45, 7) is 0.834. The molecule has 3 amide bonds. The average Bonchev–Trinajstić information content (AvgIpc) is 2.54. The largest absolute Gasteiger partial charge is 0.369 e. The van der Waals surface area contributed by atoms with Crippen LogP contribution in [0.5, 0.6) is 0 Å². The molecule has 140 valence electrons. The number of urea groups is 1. The van der Waals surface area contributed by atoms with Gasteiger partial charge in [-0.05, 0) is 73.3 Å². The van der Waals surface area contributed by atoms with Gasteiger partial charge in [-0.1, -0.05) is 18.2 Å². The minimum absolute atomic E-state index is 0.0994. The molecule has 26 heavy (non-hydrogen) atoms. The van der Waals surface area contributed by atoms with Crippen LogP contribution in [0.25, 0.3) is 0 Å². The minimum atomic E-state index is -0.395. The summed E-state index contributed by atoms with van der Waals surface area (Å²) in [7, 11) is 1.89. The first-order valence-corrected chi connectivity index (χ1v) is 9.81. The summed E-state index contributed by atoms with van der Waals surface area (Å²) < 4.78 is 0. The molecule has 4 aliphatic rings. The Kier molecular flexibility index (Phi) is 4.41. The third-order valence-corrected chi connectivity index (χ3v) is 6.71. The van der Waals surface area contributed by atoms with Crippen LogP contribution in [0.1, 0.15) is 44.1 Å². The van der Waals surface area contributed by atoms with Crippen molar-refractivity contribution in [2.45, 2.75) is 44.9 Å². The van der Waals surface area contributed by atoms with Gasteiger partial charge >= 0.3 is 6.03 Å². The average molecular weight is 355 g/mol. The molecular weight excluding hydrogens is 326 g/mol. The topological polar surface area (TPSA) is 75.4 Å². The first-order chi connectivity index (χ1) is 12.4. The lowest BCUT2D eigenvalue weighted by Gasteiger charge is -2.57. The lowest BCUT2D eigenvalue weighted by Crippen LogP contribution is -2.52. The van der Waals surface area contributed by atoms with Gasteiger partial charge in [0.05, 0.1) is 6.42 Å². The van der Waals surface area contributed by atoms with Crippen LogP contribution in [0.3, 0.4) is 0 Å². The molecule has 5 nitrogen and oxygen atoms in total. The number of benzene rings is 1. The van der Waals surface area contributed by atoms with Crippen molar-refractivity contribution in [3.63, 3.8) is 0 Å². The summed E-state index contributed by atoms with van der Waals surface area (Å²) in [5, 5.41) is 2.98. The Morgan fingerprint density at radius 2 is 1.69 bits per heavy atom. The summed E-state index contributed by atoms with van der Waals surface area (Å²) in [4.78, 5) is 25.9. The molecule has 4 saturated carbocycles. The number of carbonyl (C=O) groups excluding carboxylic acids is 2. The molecule has 0 unspecified atom stereocenters. The third-order valence-electron chi connectivity index (χ3n) is 6.71. The van der Waals surface area contributed by atoms with Crippen molar-refractivity contribution in [3.8, 4) is 0 Å². The summed E-state index contributed by atoms with van der Waals surface area (Å²) in [6, 6.07) is 7.28. The normalized spacial score (nSPS) is 31.7. The molecule has 1 aromatic carbocycles. The van der Waals surface area contributed by atoms with E-state index in [9.17, 15) is 9.59 Å². The highest BCUT2D eigenvalue weighted by atomic mass is 16.2. The monoisotopic (exact) mass is 355 g/mol. The fraction of sp³-hybridized carbons (Fsp3) is 0.619. The van der Waals surface area contributed by atoms with Gasteiger partial charge < -0.3 is 16.0 Å². The van der Waals surface area contributed by atoms with Crippen LogP contribution in [0.4, 0.5) is 10.5 Å². The van der Waals surface area contributed by atoms with Crippen molar-refractivity contribution in [1.29, 1.82) is 0 Å². The Morgan fingerprint density at radius 1 is 1.12 bits per heavy atom. The lowest BCUT2D eigenvalue weighted by atomic mass is 9.49. The van der Waals surface area contributed by atoms with Crippen LogP contribution in [-0.4, -0.2) is 30.4 Å². The molecule has 0 aliphatic heterocycles. The van der Waals surface area contributed by atoms with Crippen LogP contribution in [0.2, 0.25) is 0 Å². The second-order valence-corrected chi connectivity index (χ2v) is 9.00. The maximum Gasteiger partial charge on any atom is 0.321 e. The van der Waals surface area contributed by atoms with E-state index in [2.05, 4.69) is 5.32 Å². The molecule has 1 aromatic rings. The van der Waals surface area contributed by atoms with E-state index in [1.807, 2.05) is 36.2 Å². The smallest absolute Gasteiger partial charge is 0.321 e. The van der Waals surface area contributed by atoms with Crippen molar-refractivity contribution in [1.82, 2.24) is 4.90 Å². The number of nitrogens with zero attached hydrogens (tertiary/aromatic N) is 1. The van der Waals surface area contributed by atoms with E-state index in [1.54, 1.807) is 0 Å². The number of para-hydroxylation sites is 1. The number of amides is 3. The zero-order chi connectivity index (χ0) is 18.3. The van der Waals surface area contributed by atoms with Crippen LogP contribution < -0.4 is 11.1 Å². The highest BCUT2D eigenvalue weighted by molar-refractivity contribution is 5.91. The van der Waals surface area contributed by atoms with E-state index in [0.717, 1.165) is 29.9 Å². The van der Waals surface area contributed by atoms with E-state index in [1.165, 1.54) is 38.5 Å². The van der Waals surface area contributed by atoms with E-state index >= 15 is 0 Å². The highest BCUT2D eigenvalue weighted by Gasteiger charge is 2.51. The number of primary amides is 1. The van der Waals surface area contributed by atoms with Crippen molar-refractivity contribution in [2.24, 2.45) is 28.9 Å². The number of nitrogens with one attached hydrogen (secondary N) is 1. The standard InChI is InChI=1S/C21H29N3O2/c1-24(13-21-10-14-6-15(11-21)8-16(7-14)12-21)20(26)23-18-5-3-2-4-17(18)9-19(22)25/h2-5,14-16H,6-13H2,1H3,(H2,22,25)(H,23,26). The lowest BCUT2D eigenvalue weighted by molar-refractivity contribution is -0.117. The Balaban J connectivity index is 1.42. The Hall–Kier alpha value is -2.04. The molecule has 5 heteroatoms. The second kappa shape index (κ2) is 6.60. The van der Waals surface area contributed by atoms with E-state index in [4.69, 9.17) is 5.73 Å². The van der Waals surface area contributed by atoms with Crippen LogP contribution in [-0.2, 0) is 11.2 Å². The number of rotatable bonds is 5. The highest BCUT2D eigenvalue weighted by Crippen LogP contribution is 2.60. The van der Waals surface area contributed by atoms with Gasteiger partial charge in [-0.25, -0.2) is 4.79 Å². The van der Waals surface area contributed by atoms with Gasteiger partial charge in [-0.3, -0.25) is 4.79 Å². The van der Waals surface area contributed by atoms with Gasteiger partial charge in [-0.2, -0.15) is 0 Å². The summed E-state index contributed by atoms with van der Waals surface area (Å²) in [5.41, 5.74) is 7.08. The molecule has 3 N–H and O–H groups in total. The van der Waals surface area contributed by atoms with Gasteiger partial charge in [0, 0.05) is 19.3 Å². The van der Waals surface area contributed by atoms with E-state index < -0.39 is 5.91 Å². The van der Waals surface area contributed by atoms with Crippen molar-refractivity contribution < 1.29 is 9.59 Å². The maximum absolute atomic E-state index is 12.8. The van der Waals surface area contributed by atoms with Crippen LogP contribution in [0.15, 0.2) is 24.3 Å². The SMILES string of the molecule is CN(CC12CC3CC(CC(C3)C1)C2)C(=O)Nc1ccccc1CC(N)=O. The molecule has 0 saturated heterocycles. The first kappa shape index (κ1) is 17.4. The number of nitrogens with two attached hydrogens (primary N) is 1. The molecule has 4 fully saturated rings. The molecule has 4 bridgehead atoms. The third kappa shape index (κ3) is 3.44. The summed E-state index contributed by atoms with van der Waals surface area (Å²) >= 11 is 0. The molecule has 0 radical (unpaired) electrons. The van der Waals surface area contributed by atoms with Gasteiger partial charge in [0.1, 0.15) is 0 Å². The summed E-state index contributed by atoms with van der Waals surface area (Å²) in [6.07, 6.45) is 8.23. The predicted octanol–water partition coefficient (Wildman–Crippen LogP) is 3.39. The minimum Gasteiger partial charge on any atom is -0.369 e. The molecule has 0 atom stereocenters. The fourth-order valence-corrected chi connectivity index (χ4v) is 6.25. The summed E-state index contributed by atoms with van der Waals surface area (Å²) in [5.74, 6) is 2.26. The number of hydrogen-bond donors (Lipinski definition) is 2. The van der Waals surface area contributed by atoms with Crippen LogP contribution >= 0.6 is 0 Å². The molecule has 5 rings (SSSR count). The Morgan fingerprint density at radius 3 is 2.27 bits per heavy atom. The van der Waals surface area contributed by atoms with Gasteiger partial charge in [0.2, 0.25) is 5.91 Å². The second-order valence-electron chi connectivity index (χ2n) is 9.00. The maximum atomic E-state index is 12.8. The van der Waals surface area contributed by atoms with E-state index in [0.29, 0.717) is 11.1 Å².